The highest BCUT2D eigenvalue weighted by Gasteiger charge is 2.30. The number of nitrogens with one attached hydrogen (secondary N) is 1. The maximum atomic E-state index is 4.95. The molecule has 0 radical (unpaired) electrons. The zero-order chi connectivity index (χ0) is 13.4. The molecule has 2 aliphatic rings. The zero-order valence-electron chi connectivity index (χ0n) is 12.6. The molecule has 0 amide bonds. The monoisotopic (exact) mass is 261 g/mol. The molecule has 2 heterocycles. The van der Waals surface area contributed by atoms with Crippen LogP contribution in [0.4, 0.5) is 0 Å². The van der Waals surface area contributed by atoms with Gasteiger partial charge in [-0.2, -0.15) is 0 Å². The Kier molecular flexibility index (Phi) is 3.66. The second-order valence-electron chi connectivity index (χ2n) is 6.75. The van der Waals surface area contributed by atoms with Crippen molar-refractivity contribution >= 4 is 0 Å². The number of aromatic nitrogens is 2. The average Bonchev–Trinajstić information content (AvgIpc) is 2.63. The molecule has 1 saturated carbocycles. The van der Waals surface area contributed by atoms with E-state index in [1.54, 1.807) is 0 Å². The lowest BCUT2D eigenvalue weighted by Crippen LogP contribution is -2.29. The summed E-state index contributed by atoms with van der Waals surface area (Å²) in [6.45, 7) is 9.08. The van der Waals surface area contributed by atoms with Gasteiger partial charge in [0.05, 0.1) is 5.69 Å². The Morgan fingerprint density at radius 2 is 2.11 bits per heavy atom. The molecule has 3 heteroatoms. The first-order valence-electron chi connectivity index (χ1n) is 7.96. The molecule has 0 spiro atoms. The Hall–Kier alpha value is -0.830. The number of nitrogens with zero attached hydrogens (tertiary/aromatic N) is 2. The van der Waals surface area contributed by atoms with E-state index in [-0.39, 0.29) is 0 Å². The van der Waals surface area contributed by atoms with E-state index in [1.165, 1.54) is 36.5 Å². The third kappa shape index (κ3) is 2.45. The molecule has 3 rings (SSSR count). The first-order valence-corrected chi connectivity index (χ1v) is 7.96. The van der Waals surface area contributed by atoms with Crippen molar-refractivity contribution in [2.45, 2.75) is 65.5 Å². The lowest BCUT2D eigenvalue weighted by Gasteiger charge is -2.34. The van der Waals surface area contributed by atoms with Gasteiger partial charge in [0.15, 0.2) is 0 Å². The third-order valence-corrected chi connectivity index (χ3v) is 4.83. The molecule has 19 heavy (non-hydrogen) atoms. The summed E-state index contributed by atoms with van der Waals surface area (Å²) >= 11 is 0. The van der Waals surface area contributed by atoms with Crippen molar-refractivity contribution in [2.24, 2.45) is 11.8 Å². The summed E-state index contributed by atoms with van der Waals surface area (Å²) < 4.78 is 2.61. The first kappa shape index (κ1) is 13.2. The third-order valence-electron chi connectivity index (χ3n) is 4.83. The predicted molar refractivity (Wildman–Crippen MR) is 78.2 cm³/mol. The van der Waals surface area contributed by atoms with E-state index in [1.807, 2.05) is 0 Å². The van der Waals surface area contributed by atoms with E-state index < -0.39 is 0 Å². The van der Waals surface area contributed by atoms with Crippen LogP contribution in [-0.4, -0.2) is 16.1 Å². The lowest BCUT2D eigenvalue weighted by atomic mass is 9.80. The van der Waals surface area contributed by atoms with E-state index >= 15 is 0 Å². The van der Waals surface area contributed by atoms with Crippen LogP contribution >= 0.6 is 0 Å². The SMILES string of the molecule is CC(C)Cc1nc2c(n1C(C)C1CCC1)CCNC2. The largest absolute Gasteiger partial charge is 0.329 e. The van der Waals surface area contributed by atoms with Gasteiger partial charge < -0.3 is 9.88 Å². The molecule has 1 aromatic rings. The molecule has 0 bridgehead atoms. The molecular formula is C16H27N3. The molecule has 1 N–H and O–H groups in total. The second-order valence-corrected chi connectivity index (χ2v) is 6.75. The van der Waals surface area contributed by atoms with Gasteiger partial charge in [0, 0.05) is 37.7 Å². The van der Waals surface area contributed by atoms with Gasteiger partial charge in [-0.1, -0.05) is 20.3 Å². The smallest absolute Gasteiger partial charge is 0.109 e. The molecule has 1 atom stereocenters. The van der Waals surface area contributed by atoms with Crippen molar-refractivity contribution < 1.29 is 0 Å². The number of hydrogen-bond acceptors (Lipinski definition) is 2. The molecule has 1 aliphatic carbocycles. The number of rotatable bonds is 4. The fourth-order valence-electron chi connectivity index (χ4n) is 3.51. The minimum absolute atomic E-state index is 0.650. The van der Waals surface area contributed by atoms with Crippen LogP contribution in [0.3, 0.4) is 0 Å². The van der Waals surface area contributed by atoms with Crippen LogP contribution in [0.5, 0.6) is 0 Å². The highest BCUT2D eigenvalue weighted by atomic mass is 15.1. The van der Waals surface area contributed by atoms with Gasteiger partial charge >= 0.3 is 0 Å². The molecule has 1 aromatic heterocycles. The van der Waals surface area contributed by atoms with Crippen molar-refractivity contribution in [3.8, 4) is 0 Å². The first-order chi connectivity index (χ1) is 9.16. The maximum Gasteiger partial charge on any atom is 0.109 e. The van der Waals surface area contributed by atoms with Crippen LogP contribution in [0.2, 0.25) is 0 Å². The van der Waals surface area contributed by atoms with Crippen LogP contribution in [0.15, 0.2) is 0 Å². The molecule has 0 saturated heterocycles. The van der Waals surface area contributed by atoms with E-state index in [9.17, 15) is 0 Å². The van der Waals surface area contributed by atoms with Crippen LogP contribution in [0.1, 0.15) is 63.3 Å². The molecule has 1 unspecified atom stereocenters. The molecule has 0 aromatic carbocycles. The summed E-state index contributed by atoms with van der Waals surface area (Å²) in [5, 5.41) is 3.46. The molecule has 1 fully saturated rings. The molecule has 106 valence electrons. The summed E-state index contributed by atoms with van der Waals surface area (Å²) in [5.74, 6) is 2.91. The van der Waals surface area contributed by atoms with Crippen LogP contribution < -0.4 is 5.32 Å². The standard InChI is InChI=1S/C16H27N3/c1-11(2)9-16-18-14-10-17-8-7-15(14)19(16)12(3)13-5-4-6-13/h11-13,17H,4-10H2,1-3H3. The summed E-state index contributed by atoms with van der Waals surface area (Å²) in [6.07, 6.45) is 6.51. The number of imidazole rings is 1. The Bertz CT molecular complexity index is 443. The Morgan fingerprint density at radius 3 is 2.74 bits per heavy atom. The van der Waals surface area contributed by atoms with Crippen LogP contribution in [0.25, 0.3) is 0 Å². The second kappa shape index (κ2) is 5.28. The minimum Gasteiger partial charge on any atom is -0.329 e. The summed E-state index contributed by atoms with van der Waals surface area (Å²) in [5.41, 5.74) is 2.84. The summed E-state index contributed by atoms with van der Waals surface area (Å²) in [4.78, 5) is 4.95. The highest BCUT2D eigenvalue weighted by Crippen LogP contribution is 2.38. The van der Waals surface area contributed by atoms with Gasteiger partial charge in [-0.25, -0.2) is 4.98 Å². The van der Waals surface area contributed by atoms with Crippen molar-refractivity contribution in [1.29, 1.82) is 0 Å². The predicted octanol–water partition coefficient (Wildman–Crippen LogP) is 3.09. The fourth-order valence-corrected chi connectivity index (χ4v) is 3.51. The fraction of sp³-hybridized carbons (Fsp3) is 0.812. The zero-order valence-corrected chi connectivity index (χ0v) is 12.6. The van der Waals surface area contributed by atoms with E-state index in [4.69, 9.17) is 4.98 Å². The van der Waals surface area contributed by atoms with Crippen molar-refractivity contribution in [2.75, 3.05) is 6.54 Å². The lowest BCUT2D eigenvalue weighted by molar-refractivity contribution is 0.215. The van der Waals surface area contributed by atoms with Crippen molar-refractivity contribution in [1.82, 2.24) is 14.9 Å². The Labute approximate surface area is 116 Å². The summed E-state index contributed by atoms with van der Waals surface area (Å²) in [6, 6.07) is 0.650. The Morgan fingerprint density at radius 1 is 1.32 bits per heavy atom. The Balaban J connectivity index is 1.95. The molecular weight excluding hydrogens is 234 g/mol. The van der Waals surface area contributed by atoms with E-state index in [2.05, 4.69) is 30.7 Å². The number of hydrogen-bond donors (Lipinski definition) is 1. The topological polar surface area (TPSA) is 29.9 Å². The summed E-state index contributed by atoms with van der Waals surface area (Å²) in [7, 11) is 0. The quantitative estimate of drug-likeness (QED) is 0.902. The van der Waals surface area contributed by atoms with E-state index in [0.717, 1.165) is 31.8 Å². The van der Waals surface area contributed by atoms with Crippen molar-refractivity contribution in [3.63, 3.8) is 0 Å². The minimum atomic E-state index is 0.650. The van der Waals surface area contributed by atoms with Crippen LogP contribution in [-0.2, 0) is 19.4 Å². The van der Waals surface area contributed by atoms with Gasteiger partial charge in [0.25, 0.3) is 0 Å². The maximum absolute atomic E-state index is 4.95. The van der Waals surface area contributed by atoms with Gasteiger partial charge in [-0.15, -0.1) is 0 Å². The number of fused-ring (bicyclic) bond motifs is 1. The van der Waals surface area contributed by atoms with Gasteiger partial charge in [0.2, 0.25) is 0 Å². The van der Waals surface area contributed by atoms with Gasteiger partial charge in [-0.05, 0) is 31.6 Å². The van der Waals surface area contributed by atoms with Gasteiger partial charge in [0.1, 0.15) is 5.82 Å². The highest BCUT2D eigenvalue weighted by molar-refractivity contribution is 5.22. The molecule has 1 aliphatic heterocycles. The van der Waals surface area contributed by atoms with Crippen LogP contribution in [0, 0.1) is 11.8 Å². The average molecular weight is 261 g/mol. The van der Waals surface area contributed by atoms with Gasteiger partial charge in [-0.3, -0.25) is 0 Å². The normalized spacial score (nSPS) is 21.3. The molecule has 3 nitrogen and oxygen atoms in total. The van der Waals surface area contributed by atoms with Crippen molar-refractivity contribution in [3.05, 3.63) is 17.2 Å². The van der Waals surface area contributed by atoms with E-state index in [0.29, 0.717) is 12.0 Å².